The number of anilines is 2. The lowest BCUT2D eigenvalue weighted by Gasteiger charge is -2.17. The van der Waals surface area contributed by atoms with Crippen LogP contribution in [0.5, 0.6) is 5.75 Å². The van der Waals surface area contributed by atoms with Crippen molar-refractivity contribution in [2.45, 2.75) is 13.1 Å². The number of rotatable bonds is 6. The minimum absolute atomic E-state index is 0.0129. The molecular weight excluding hydrogens is 531 g/mol. The van der Waals surface area contributed by atoms with Crippen molar-refractivity contribution in [3.8, 4) is 5.75 Å². The molecule has 1 aliphatic heterocycles. The fourth-order valence-corrected chi connectivity index (χ4v) is 4.53. The quantitative estimate of drug-likeness (QED) is 0.260. The van der Waals surface area contributed by atoms with Gasteiger partial charge in [-0.15, -0.1) is 0 Å². The van der Waals surface area contributed by atoms with Gasteiger partial charge in [0.05, 0.1) is 22.6 Å². The van der Waals surface area contributed by atoms with Gasteiger partial charge in [-0.25, -0.2) is 0 Å². The molecule has 2 N–H and O–H groups in total. The van der Waals surface area contributed by atoms with Crippen LogP contribution in [-0.2, 0) is 6.18 Å². The zero-order chi connectivity index (χ0) is 28.9. The SMILES string of the molecule is CC1C(=O)c2ccc(C(=O)Nc3ccc(NCOc4ccc5c(c4)C(=O)N(C)C5=O)c(C(F)(F)F)c3)cc2C1=O. The van der Waals surface area contributed by atoms with Gasteiger partial charge >= 0.3 is 6.18 Å². The predicted octanol–water partition coefficient (Wildman–Crippen LogP) is 4.65. The van der Waals surface area contributed by atoms with Crippen molar-refractivity contribution in [2.75, 3.05) is 24.4 Å². The number of ether oxygens (including phenoxy) is 1. The van der Waals surface area contributed by atoms with Gasteiger partial charge in [0.1, 0.15) is 5.75 Å². The highest BCUT2D eigenvalue weighted by Gasteiger charge is 2.36. The van der Waals surface area contributed by atoms with Crippen molar-refractivity contribution >= 4 is 40.7 Å². The number of fused-ring (bicyclic) bond motifs is 2. The number of Topliss-reactive ketones (excluding diaryl/α,β-unsaturated/α-hetero) is 2. The Morgan fingerprint density at radius 1 is 0.875 bits per heavy atom. The van der Waals surface area contributed by atoms with Crippen molar-refractivity contribution in [3.05, 3.63) is 88.0 Å². The second-order valence-corrected chi connectivity index (χ2v) is 9.26. The first-order chi connectivity index (χ1) is 18.9. The Kier molecular flexibility index (Phi) is 6.41. The van der Waals surface area contributed by atoms with Crippen LogP contribution < -0.4 is 15.4 Å². The minimum Gasteiger partial charge on any atom is -0.473 e. The number of alkyl halides is 3. The number of hydrogen-bond acceptors (Lipinski definition) is 7. The molecule has 0 radical (unpaired) electrons. The highest BCUT2D eigenvalue weighted by atomic mass is 19.4. The maximum absolute atomic E-state index is 13.8. The third kappa shape index (κ3) is 4.57. The molecule has 1 heterocycles. The van der Waals surface area contributed by atoms with Crippen LogP contribution in [0, 0.1) is 5.92 Å². The van der Waals surface area contributed by atoms with Gasteiger partial charge in [-0.3, -0.25) is 28.9 Å². The number of benzene rings is 3. The van der Waals surface area contributed by atoms with E-state index in [4.69, 9.17) is 4.74 Å². The molecule has 0 aromatic heterocycles. The largest absolute Gasteiger partial charge is 0.473 e. The molecule has 0 spiro atoms. The van der Waals surface area contributed by atoms with Gasteiger partial charge in [-0.05, 0) is 61.5 Å². The molecule has 0 saturated heterocycles. The average molecular weight is 551 g/mol. The Hall–Kier alpha value is -5.00. The average Bonchev–Trinajstić information content (AvgIpc) is 3.27. The van der Waals surface area contributed by atoms with Gasteiger partial charge < -0.3 is 15.4 Å². The van der Waals surface area contributed by atoms with Crippen LogP contribution in [0.3, 0.4) is 0 Å². The third-order valence-electron chi connectivity index (χ3n) is 6.74. The molecule has 1 aliphatic carbocycles. The summed E-state index contributed by atoms with van der Waals surface area (Å²) in [6.45, 7) is 1.07. The Labute approximate surface area is 224 Å². The van der Waals surface area contributed by atoms with Gasteiger partial charge in [0.15, 0.2) is 18.3 Å². The first-order valence-electron chi connectivity index (χ1n) is 11.9. The zero-order valence-electron chi connectivity index (χ0n) is 21.0. The maximum Gasteiger partial charge on any atom is 0.418 e. The van der Waals surface area contributed by atoms with Crippen LogP contribution in [0.1, 0.15) is 64.3 Å². The molecule has 3 aromatic rings. The second-order valence-electron chi connectivity index (χ2n) is 9.26. The summed E-state index contributed by atoms with van der Waals surface area (Å²) >= 11 is 0. The highest BCUT2D eigenvalue weighted by Crippen LogP contribution is 2.37. The lowest BCUT2D eigenvalue weighted by atomic mass is 10.0. The normalized spacial score (nSPS) is 16.2. The van der Waals surface area contributed by atoms with Gasteiger partial charge in [-0.1, -0.05) is 0 Å². The van der Waals surface area contributed by atoms with E-state index in [1.807, 2.05) is 0 Å². The predicted molar refractivity (Wildman–Crippen MR) is 136 cm³/mol. The van der Waals surface area contributed by atoms with Gasteiger partial charge in [0.2, 0.25) is 0 Å². The number of carbonyl (C=O) groups excluding carboxylic acids is 5. The first-order valence-corrected chi connectivity index (χ1v) is 11.9. The molecule has 2 aliphatic rings. The Balaban J connectivity index is 1.29. The molecule has 9 nitrogen and oxygen atoms in total. The van der Waals surface area contributed by atoms with E-state index >= 15 is 0 Å². The van der Waals surface area contributed by atoms with E-state index in [1.165, 1.54) is 56.4 Å². The van der Waals surface area contributed by atoms with Gasteiger partial charge in [0.25, 0.3) is 17.7 Å². The standard InChI is InChI=1S/C28H20F3N3O6/c1-13-23(35)17-6-3-14(9-19(17)24(13)36)25(37)33-15-4-8-22(21(10-15)28(29,30)31)32-12-40-16-5-7-18-20(11-16)27(39)34(2)26(18)38/h3-11,13,32H,12H2,1-2H3,(H,33,37). The number of carbonyl (C=O) groups is 5. The molecule has 5 rings (SSSR count). The van der Waals surface area contributed by atoms with Crippen LogP contribution in [0.2, 0.25) is 0 Å². The molecular formula is C28H20F3N3O6. The number of halogens is 3. The summed E-state index contributed by atoms with van der Waals surface area (Å²) in [4.78, 5) is 62.2. The Bertz CT molecular complexity index is 1630. The van der Waals surface area contributed by atoms with E-state index in [0.717, 1.165) is 17.0 Å². The Morgan fingerprint density at radius 3 is 2.27 bits per heavy atom. The summed E-state index contributed by atoms with van der Waals surface area (Å²) in [6.07, 6.45) is -4.79. The van der Waals surface area contributed by atoms with Crippen molar-refractivity contribution in [1.29, 1.82) is 0 Å². The van der Waals surface area contributed by atoms with Gasteiger partial charge in [-0.2, -0.15) is 13.2 Å². The fourth-order valence-electron chi connectivity index (χ4n) is 4.53. The zero-order valence-corrected chi connectivity index (χ0v) is 21.0. The maximum atomic E-state index is 13.8. The van der Waals surface area contributed by atoms with Crippen LogP contribution in [0.25, 0.3) is 0 Å². The van der Waals surface area contributed by atoms with Crippen molar-refractivity contribution < 1.29 is 41.9 Å². The molecule has 3 amide bonds. The molecule has 0 bridgehead atoms. The minimum atomic E-state index is -4.79. The number of amides is 3. The molecule has 12 heteroatoms. The monoisotopic (exact) mass is 551 g/mol. The summed E-state index contributed by atoms with van der Waals surface area (Å²) in [5.41, 5.74) is -0.883. The number of nitrogens with one attached hydrogen (secondary N) is 2. The summed E-state index contributed by atoms with van der Waals surface area (Å²) < 4.78 is 47.0. The second kappa shape index (κ2) is 9.63. The number of nitrogens with zero attached hydrogens (tertiary/aromatic N) is 1. The van der Waals surface area contributed by atoms with Gasteiger partial charge in [0, 0.05) is 35.1 Å². The summed E-state index contributed by atoms with van der Waals surface area (Å²) in [5.74, 6) is -3.16. The molecule has 40 heavy (non-hydrogen) atoms. The lowest BCUT2D eigenvalue weighted by Crippen LogP contribution is -2.24. The van der Waals surface area contributed by atoms with Crippen molar-refractivity contribution in [1.82, 2.24) is 4.90 Å². The number of ketones is 2. The van der Waals surface area contributed by atoms with Crippen LogP contribution in [-0.4, -0.2) is 48.0 Å². The van der Waals surface area contributed by atoms with Crippen molar-refractivity contribution in [3.63, 3.8) is 0 Å². The van der Waals surface area contributed by atoms with E-state index in [9.17, 15) is 37.1 Å². The summed E-state index contributed by atoms with van der Waals surface area (Å²) in [6, 6.07) is 11.2. The topological polar surface area (TPSA) is 122 Å². The van der Waals surface area contributed by atoms with E-state index < -0.39 is 47.9 Å². The molecule has 204 valence electrons. The summed E-state index contributed by atoms with van der Waals surface area (Å²) in [7, 11) is 1.34. The summed E-state index contributed by atoms with van der Waals surface area (Å²) in [5, 5.41) is 4.92. The number of imide groups is 1. The molecule has 0 saturated carbocycles. The van der Waals surface area contributed by atoms with E-state index in [0.29, 0.717) is 0 Å². The lowest BCUT2D eigenvalue weighted by molar-refractivity contribution is -0.136. The first kappa shape index (κ1) is 26.6. The smallest absolute Gasteiger partial charge is 0.418 e. The molecule has 3 aromatic carbocycles. The van der Waals surface area contributed by atoms with E-state index in [1.54, 1.807) is 0 Å². The number of hydrogen-bond donors (Lipinski definition) is 2. The van der Waals surface area contributed by atoms with Crippen molar-refractivity contribution in [2.24, 2.45) is 5.92 Å². The van der Waals surface area contributed by atoms with Crippen LogP contribution in [0.15, 0.2) is 54.6 Å². The van der Waals surface area contributed by atoms with E-state index in [-0.39, 0.29) is 50.7 Å². The van der Waals surface area contributed by atoms with E-state index in [2.05, 4.69) is 10.6 Å². The third-order valence-corrected chi connectivity index (χ3v) is 6.74. The fraction of sp³-hybridized carbons (Fsp3) is 0.179. The molecule has 1 unspecified atom stereocenters. The highest BCUT2D eigenvalue weighted by molar-refractivity contribution is 6.27. The molecule has 0 fully saturated rings. The van der Waals surface area contributed by atoms with Crippen LogP contribution >= 0.6 is 0 Å². The van der Waals surface area contributed by atoms with Crippen LogP contribution in [0.4, 0.5) is 24.5 Å². The Morgan fingerprint density at radius 2 is 1.55 bits per heavy atom. The molecule has 1 atom stereocenters.